The van der Waals surface area contributed by atoms with Crippen LogP contribution in [0.1, 0.15) is 5.56 Å². The lowest BCUT2D eigenvalue weighted by atomic mass is 10.2. The molecule has 0 aliphatic carbocycles. The Balaban J connectivity index is 2.30. The quantitative estimate of drug-likeness (QED) is 0.841. The molecule has 1 unspecified atom stereocenters. The molecule has 0 amide bonds. The van der Waals surface area contributed by atoms with E-state index in [4.69, 9.17) is 5.11 Å². The predicted octanol–water partition coefficient (Wildman–Crippen LogP) is 1.18. The maximum atomic E-state index is 10.5. The minimum atomic E-state index is -0.797. The van der Waals surface area contributed by atoms with Gasteiger partial charge < -0.3 is 5.11 Å². The van der Waals surface area contributed by atoms with Crippen molar-refractivity contribution in [2.24, 2.45) is 7.05 Å². The van der Waals surface area contributed by atoms with Gasteiger partial charge in [-0.25, -0.2) is 0 Å². The van der Waals surface area contributed by atoms with E-state index in [0.29, 0.717) is 0 Å². The van der Waals surface area contributed by atoms with Gasteiger partial charge in [-0.2, -0.15) is 5.10 Å². The topological polar surface area (TPSA) is 68.0 Å². The normalized spacial score (nSPS) is 11.2. The van der Waals surface area contributed by atoms with Gasteiger partial charge in [0.15, 0.2) is 0 Å². The summed E-state index contributed by atoms with van der Waals surface area (Å²) in [5, 5.41) is 13.0. The van der Waals surface area contributed by atoms with Crippen LogP contribution in [-0.2, 0) is 11.8 Å². The van der Waals surface area contributed by atoms with Gasteiger partial charge in [-0.15, -0.1) is 0 Å². The third-order valence-corrected chi connectivity index (χ3v) is 3.64. The average molecular weight is 263 g/mol. The smallest absolute Gasteiger partial charge is 0.307 e. The maximum Gasteiger partial charge on any atom is 0.307 e. The molecule has 0 saturated carbocycles. The largest absolute Gasteiger partial charge is 0.481 e. The van der Waals surface area contributed by atoms with E-state index in [1.54, 1.807) is 10.9 Å². The van der Waals surface area contributed by atoms with Gasteiger partial charge in [0.25, 0.3) is 0 Å². The summed E-state index contributed by atoms with van der Waals surface area (Å²) in [5.74, 6) is -0.797. The van der Waals surface area contributed by atoms with Crippen LogP contribution in [-0.4, -0.2) is 32.0 Å². The molecule has 18 heavy (non-hydrogen) atoms. The molecule has 94 valence electrons. The molecule has 2 rings (SSSR count). The highest BCUT2D eigenvalue weighted by Crippen LogP contribution is 2.21. The molecular weight excluding hydrogens is 249 g/mol. The van der Waals surface area contributed by atoms with E-state index < -0.39 is 5.97 Å². The van der Waals surface area contributed by atoms with Crippen molar-refractivity contribution >= 4 is 20.0 Å². The van der Waals surface area contributed by atoms with Gasteiger partial charge in [-0.1, -0.05) is 14.6 Å². The highest BCUT2D eigenvalue weighted by atomic mass is 31.1. The standard InChI is InChI=1S/C12H14N3O2P/c1-8-4-3-5-13-12(8)9-6-10(14-15(9)2)18-7-11(16)17/h3-6,18H,7H2,1-2H3,(H,16,17). The number of aliphatic carboxylic acids is 1. The highest BCUT2D eigenvalue weighted by Gasteiger charge is 2.11. The van der Waals surface area contributed by atoms with Crippen LogP contribution in [0.5, 0.6) is 0 Å². The Morgan fingerprint density at radius 2 is 2.33 bits per heavy atom. The number of carboxylic acid groups (broad SMARTS) is 1. The van der Waals surface area contributed by atoms with E-state index in [-0.39, 0.29) is 14.7 Å². The molecule has 0 fully saturated rings. The summed E-state index contributed by atoms with van der Waals surface area (Å²) in [6, 6.07) is 5.80. The van der Waals surface area contributed by atoms with E-state index in [9.17, 15) is 4.79 Å². The molecule has 2 heterocycles. The Hall–Kier alpha value is -1.74. The van der Waals surface area contributed by atoms with Crippen molar-refractivity contribution in [1.82, 2.24) is 14.8 Å². The lowest BCUT2D eigenvalue weighted by Crippen LogP contribution is -2.05. The van der Waals surface area contributed by atoms with Crippen LogP contribution in [0.15, 0.2) is 24.4 Å². The predicted molar refractivity (Wildman–Crippen MR) is 71.6 cm³/mol. The van der Waals surface area contributed by atoms with Crippen LogP contribution in [0.3, 0.4) is 0 Å². The first-order chi connectivity index (χ1) is 8.58. The number of carboxylic acids is 1. The fraction of sp³-hybridized carbons (Fsp3) is 0.250. The summed E-state index contributed by atoms with van der Waals surface area (Å²) >= 11 is 0. The average Bonchev–Trinajstić information content (AvgIpc) is 2.69. The first-order valence-electron chi connectivity index (χ1n) is 5.49. The van der Waals surface area contributed by atoms with E-state index in [2.05, 4.69) is 10.1 Å². The van der Waals surface area contributed by atoms with Gasteiger partial charge >= 0.3 is 5.97 Å². The Kier molecular flexibility index (Phi) is 3.72. The van der Waals surface area contributed by atoms with Crippen LogP contribution in [0, 0.1) is 6.92 Å². The minimum Gasteiger partial charge on any atom is -0.481 e. The molecule has 1 N–H and O–H groups in total. The number of aromatic nitrogens is 3. The molecule has 0 radical (unpaired) electrons. The second-order valence-electron chi connectivity index (χ2n) is 3.95. The Bertz CT molecular complexity index is 580. The summed E-state index contributed by atoms with van der Waals surface area (Å²) in [4.78, 5) is 14.9. The Morgan fingerprint density at radius 1 is 1.56 bits per heavy atom. The number of hydrogen-bond donors (Lipinski definition) is 1. The van der Waals surface area contributed by atoms with E-state index in [1.807, 2.05) is 32.2 Å². The Labute approximate surface area is 107 Å². The molecule has 0 saturated heterocycles. The first-order valence-corrected chi connectivity index (χ1v) is 6.70. The third-order valence-electron chi connectivity index (χ3n) is 2.55. The Morgan fingerprint density at radius 3 is 3.00 bits per heavy atom. The molecule has 0 aromatic carbocycles. The van der Waals surface area contributed by atoms with Crippen molar-refractivity contribution in [1.29, 1.82) is 0 Å². The van der Waals surface area contributed by atoms with Crippen LogP contribution < -0.4 is 5.44 Å². The number of hydrogen-bond acceptors (Lipinski definition) is 3. The van der Waals surface area contributed by atoms with Crippen molar-refractivity contribution in [3.63, 3.8) is 0 Å². The molecule has 0 bridgehead atoms. The number of nitrogens with zero attached hydrogens (tertiary/aromatic N) is 3. The van der Waals surface area contributed by atoms with Gasteiger partial charge in [0.1, 0.15) is 0 Å². The second kappa shape index (κ2) is 5.27. The zero-order chi connectivity index (χ0) is 13.1. The molecule has 2 aromatic heterocycles. The maximum absolute atomic E-state index is 10.5. The summed E-state index contributed by atoms with van der Waals surface area (Å²) in [5.41, 5.74) is 3.69. The van der Waals surface area contributed by atoms with Crippen LogP contribution >= 0.6 is 8.58 Å². The summed E-state index contributed by atoms with van der Waals surface area (Å²) in [7, 11) is 2.03. The molecule has 1 atom stereocenters. The molecular formula is C12H14N3O2P. The number of pyridine rings is 1. The van der Waals surface area contributed by atoms with Crippen LogP contribution in [0.25, 0.3) is 11.4 Å². The fourth-order valence-corrected chi connectivity index (χ4v) is 2.49. The van der Waals surface area contributed by atoms with E-state index in [0.717, 1.165) is 22.4 Å². The monoisotopic (exact) mass is 263 g/mol. The van der Waals surface area contributed by atoms with Gasteiger partial charge in [-0.05, 0) is 24.6 Å². The van der Waals surface area contributed by atoms with Crippen molar-refractivity contribution in [2.75, 3.05) is 6.16 Å². The number of aryl methyl sites for hydroxylation is 2. The van der Waals surface area contributed by atoms with Crippen molar-refractivity contribution < 1.29 is 9.90 Å². The summed E-state index contributed by atoms with van der Waals surface area (Å²) in [6.07, 6.45) is 1.87. The first kappa shape index (κ1) is 12.7. The zero-order valence-electron chi connectivity index (χ0n) is 10.2. The summed E-state index contributed by atoms with van der Waals surface area (Å²) < 4.78 is 1.75. The third kappa shape index (κ3) is 2.74. The van der Waals surface area contributed by atoms with Crippen molar-refractivity contribution in [3.05, 3.63) is 30.0 Å². The zero-order valence-corrected chi connectivity index (χ0v) is 11.2. The number of rotatable bonds is 4. The summed E-state index contributed by atoms with van der Waals surface area (Å²) in [6.45, 7) is 1.99. The van der Waals surface area contributed by atoms with E-state index >= 15 is 0 Å². The van der Waals surface area contributed by atoms with E-state index in [1.165, 1.54) is 0 Å². The van der Waals surface area contributed by atoms with Crippen molar-refractivity contribution in [2.45, 2.75) is 6.92 Å². The van der Waals surface area contributed by atoms with Crippen LogP contribution in [0.4, 0.5) is 0 Å². The highest BCUT2D eigenvalue weighted by molar-refractivity contribution is 7.47. The minimum absolute atomic E-state index is 0.123. The van der Waals surface area contributed by atoms with Gasteiger partial charge in [0.05, 0.1) is 23.0 Å². The van der Waals surface area contributed by atoms with Gasteiger partial charge in [0.2, 0.25) is 0 Å². The molecule has 5 nitrogen and oxygen atoms in total. The lowest BCUT2D eigenvalue weighted by molar-refractivity contribution is -0.133. The SMILES string of the molecule is Cc1cccnc1-c1cc(PCC(=O)O)nn1C. The second-order valence-corrected chi connectivity index (χ2v) is 5.17. The van der Waals surface area contributed by atoms with Crippen LogP contribution in [0.2, 0.25) is 0 Å². The van der Waals surface area contributed by atoms with Crippen molar-refractivity contribution in [3.8, 4) is 11.4 Å². The molecule has 0 spiro atoms. The molecule has 0 aliphatic heterocycles. The molecule has 0 aliphatic rings. The molecule has 6 heteroatoms. The van der Waals surface area contributed by atoms with Gasteiger partial charge in [0, 0.05) is 13.2 Å². The lowest BCUT2D eigenvalue weighted by Gasteiger charge is -2.03. The fourth-order valence-electron chi connectivity index (χ4n) is 1.70. The van der Waals surface area contributed by atoms with Gasteiger partial charge in [-0.3, -0.25) is 14.5 Å². The molecule has 2 aromatic rings. The number of carbonyl (C=O) groups is 1.